The van der Waals surface area contributed by atoms with Crippen molar-refractivity contribution in [3.8, 4) is 5.75 Å². The molecule has 2 aromatic carbocycles. The topological polar surface area (TPSA) is 61.4 Å². The lowest BCUT2D eigenvalue weighted by atomic mass is 10.2. The summed E-state index contributed by atoms with van der Waals surface area (Å²) in [4.78, 5) is 12.6. The van der Waals surface area contributed by atoms with Gasteiger partial charge in [0.2, 0.25) is 5.78 Å². The van der Waals surface area contributed by atoms with E-state index in [0.29, 0.717) is 34.3 Å². The zero-order valence-corrected chi connectivity index (χ0v) is 14.3. The van der Waals surface area contributed by atoms with Crippen LogP contribution in [0, 0.1) is 0 Å². The first-order valence-electron chi connectivity index (χ1n) is 7.93. The minimum Gasteiger partial charge on any atom is -0.486 e. The third-order valence-electron chi connectivity index (χ3n) is 4.07. The molecule has 2 heterocycles. The van der Waals surface area contributed by atoms with Gasteiger partial charge in [-0.2, -0.15) is 0 Å². The van der Waals surface area contributed by atoms with Gasteiger partial charge < -0.3 is 4.74 Å². The molecular formula is C18H15ClN4O2. The molecule has 0 amide bonds. The monoisotopic (exact) mass is 354 g/mol. The second kappa shape index (κ2) is 6.22. The van der Waals surface area contributed by atoms with Gasteiger partial charge in [-0.1, -0.05) is 23.7 Å². The Morgan fingerprint density at radius 1 is 1.08 bits per heavy atom. The summed E-state index contributed by atoms with van der Waals surface area (Å²) < 4.78 is 9.28. The molecule has 4 rings (SSSR count). The zero-order valence-electron chi connectivity index (χ0n) is 13.5. The summed E-state index contributed by atoms with van der Waals surface area (Å²) in [6, 6.07) is 14.6. The highest BCUT2D eigenvalue weighted by Gasteiger charge is 2.15. The molecule has 4 aromatic rings. The quantitative estimate of drug-likeness (QED) is 0.564. The predicted octanol–water partition coefficient (Wildman–Crippen LogP) is 3.30. The number of fused-ring (bicyclic) bond motifs is 3. The molecule has 25 heavy (non-hydrogen) atoms. The number of halogens is 1. The molecule has 0 saturated carbocycles. The smallest absolute Gasteiger partial charge is 0.262 e. The van der Waals surface area contributed by atoms with Crippen LogP contribution >= 0.6 is 11.6 Å². The Morgan fingerprint density at radius 3 is 2.60 bits per heavy atom. The van der Waals surface area contributed by atoms with E-state index in [0.717, 1.165) is 5.52 Å². The van der Waals surface area contributed by atoms with E-state index in [2.05, 4.69) is 10.2 Å². The second-order valence-electron chi connectivity index (χ2n) is 5.56. The molecule has 0 unspecified atom stereocenters. The normalized spacial score (nSPS) is 11.3. The summed E-state index contributed by atoms with van der Waals surface area (Å²) >= 11 is 5.89. The summed E-state index contributed by atoms with van der Waals surface area (Å²) in [7, 11) is 0. The van der Waals surface area contributed by atoms with Crippen LogP contribution < -0.4 is 10.3 Å². The van der Waals surface area contributed by atoms with E-state index >= 15 is 0 Å². The maximum atomic E-state index is 12.6. The minimum absolute atomic E-state index is 0.0665. The van der Waals surface area contributed by atoms with Crippen LogP contribution in [0.25, 0.3) is 16.7 Å². The number of hydrogen-bond donors (Lipinski definition) is 0. The van der Waals surface area contributed by atoms with Crippen molar-refractivity contribution < 1.29 is 4.74 Å². The Morgan fingerprint density at radius 2 is 1.84 bits per heavy atom. The van der Waals surface area contributed by atoms with Crippen molar-refractivity contribution in [3.63, 3.8) is 0 Å². The highest BCUT2D eigenvalue weighted by atomic mass is 35.5. The molecule has 0 aliphatic carbocycles. The molecule has 0 spiro atoms. The summed E-state index contributed by atoms with van der Waals surface area (Å²) in [6.45, 7) is 2.66. The Hall–Kier alpha value is -2.86. The fourth-order valence-electron chi connectivity index (χ4n) is 2.87. The summed E-state index contributed by atoms with van der Waals surface area (Å²) in [5.41, 5.74) is 0.704. The fraction of sp³-hybridized carbons (Fsp3) is 0.167. The summed E-state index contributed by atoms with van der Waals surface area (Å²) in [5, 5.41) is 9.71. The molecule has 126 valence electrons. The molecule has 0 aliphatic rings. The average Bonchev–Trinajstić information content (AvgIpc) is 3.06. The fourth-order valence-corrected chi connectivity index (χ4v) is 3.00. The lowest BCUT2D eigenvalue weighted by molar-refractivity contribution is 0.295. The van der Waals surface area contributed by atoms with Crippen molar-refractivity contribution in [2.45, 2.75) is 20.1 Å². The van der Waals surface area contributed by atoms with Gasteiger partial charge in [0.25, 0.3) is 5.56 Å². The standard InChI is InChI=1S/C18H15ClN4O2/c1-2-22-17(24)14-5-3-4-6-15(14)23-16(20-21-18(22)23)11-25-13-9-7-12(19)8-10-13/h3-10H,2,11H2,1H3. The molecule has 0 radical (unpaired) electrons. The van der Waals surface area contributed by atoms with Crippen LogP contribution in [0.1, 0.15) is 12.7 Å². The molecule has 2 aromatic heterocycles. The van der Waals surface area contributed by atoms with Gasteiger partial charge in [-0.25, -0.2) is 0 Å². The molecule has 0 aliphatic heterocycles. The van der Waals surface area contributed by atoms with E-state index in [-0.39, 0.29) is 12.2 Å². The van der Waals surface area contributed by atoms with Crippen LogP contribution in [0.5, 0.6) is 5.75 Å². The van der Waals surface area contributed by atoms with Gasteiger partial charge in [-0.05, 0) is 43.3 Å². The SMILES string of the molecule is CCn1c(=O)c2ccccc2n2c(COc3ccc(Cl)cc3)nnc12. The van der Waals surface area contributed by atoms with Gasteiger partial charge in [0.1, 0.15) is 12.4 Å². The van der Waals surface area contributed by atoms with E-state index in [1.54, 1.807) is 28.8 Å². The first kappa shape index (κ1) is 15.7. The van der Waals surface area contributed by atoms with E-state index in [1.807, 2.05) is 35.6 Å². The van der Waals surface area contributed by atoms with Gasteiger partial charge in [0, 0.05) is 11.6 Å². The minimum atomic E-state index is -0.0665. The molecule has 0 N–H and O–H groups in total. The number of hydrogen-bond acceptors (Lipinski definition) is 4. The highest BCUT2D eigenvalue weighted by Crippen LogP contribution is 2.18. The molecule has 0 bridgehead atoms. The van der Waals surface area contributed by atoms with Crippen LogP contribution in [0.3, 0.4) is 0 Å². The summed E-state index contributed by atoms with van der Waals surface area (Å²) in [6.07, 6.45) is 0. The lowest BCUT2D eigenvalue weighted by Gasteiger charge is -2.10. The van der Waals surface area contributed by atoms with Crippen LogP contribution in [-0.4, -0.2) is 19.2 Å². The molecule has 0 saturated heterocycles. The van der Waals surface area contributed by atoms with Gasteiger partial charge in [-0.15, -0.1) is 10.2 Å². The second-order valence-corrected chi connectivity index (χ2v) is 6.00. The number of para-hydroxylation sites is 1. The van der Waals surface area contributed by atoms with Crippen LogP contribution in [0.4, 0.5) is 0 Å². The highest BCUT2D eigenvalue weighted by molar-refractivity contribution is 6.30. The maximum absolute atomic E-state index is 12.6. The Labute approximate surface area is 148 Å². The van der Waals surface area contributed by atoms with Crippen molar-refractivity contribution >= 4 is 28.3 Å². The van der Waals surface area contributed by atoms with E-state index < -0.39 is 0 Å². The average molecular weight is 355 g/mol. The van der Waals surface area contributed by atoms with Gasteiger partial charge in [-0.3, -0.25) is 13.8 Å². The van der Waals surface area contributed by atoms with Crippen LogP contribution in [0.2, 0.25) is 5.02 Å². The Kier molecular flexibility index (Phi) is 3.89. The molecule has 6 nitrogen and oxygen atoms in total. The molecular weight excluding hydrogens is 340 g/mol. The molecule has 7 heteroatoms. The maximum Gasteiger partial charge on any atom is 0.262 e. The lowest BCUT2D eigenvalue weighted by Crippen LogP contribution is -2.22. The van der Waals surface area contributed by atoms with Gasteiger partial charge >= 0.3 is 0 Å². The molecule has 0 atom stereocenters. The van der Waals surface area contributed by atoms with Crippen molar-refractivity contribution in [3.05, 3.63) is 69.7 Å². The number of benzene rings is 2. The third-order valence-corrected chi connectivity index (χ3v) is 4.32. The van der Waals surface area contributed by atoms with Crippen molar-refractivity contribution in [2.24, 2.45) is 0 Å². The predicted molar refractivity (Wildman–Crippen MR) is 96.2 cm³/mol. The van der Waals surface area contributed by atoms with Crippen LogP contribution in [0.15, 0.2) is 53.3 Å². The Bertz CT molecular complexity index is 1120. The van der Waals surface area contributed by atoms with Crippen molar-refractivity contribution in [1.29, 1.82) is 0 Å². The number of aryl methyl sites for hydroxylation is 1. The zero-order chi connectivity index (χ0) is 17.4. The number of aromatic nitrogens is 4. The van der Waals surface area contributed by atoms with E-state index in [9.17, 15) is 4.79 Å². The number of ether oxygens (including phenoxy) is 1. The third kappa shape index (κ3) is 2.64. The van der Waals surface area contributed by atoms with Gasteiger partial charge in [0.15, 0.2) is 5.82 Å². The number of nitrogens with zero attached hydrogens (tertiary/aromatic N) is 4. The first-order chi connectivity index (χ1) is 12.2. The largest absolute Gasteiger partial charge is 0.486 e. The first-order valence-corrected chi connectivity index (χ1v) is 8.30. The number of rotatable bonds is 4. The van der Waals surface area contributed by atoms with E-state index in [1.165, 1.54) is 0 Å². The van der Waals surface area contributed by atoms with Gasteiger partial charge in [0.05, 0.1) is 10.9 Å². The van der Waals surface area contributed by atoms with Crippen molar-refractivity contribution in [1.82, 2.24) is 19.2 Å². The van der Waals surface area contributed by atoms with E-state index in [4.69, 9.17) is 16.3 Å². The van der Waals surface area contributed by atoms with Crippen LogP contribution in [-0.2, 0) is 13.2 Å². The Balaban J connectivity index is 1.84. The van der Waals surface area contributed by atoms with Crippen molar-refractivity contribution in [2.75, 3.05) is 0 Å². The molecule has 0 fully saturated rings. The summed E-state index contributed by atoms with van der Waals surface area (Å²) in [5.74, 6) is 1.83.